The predicted molar refractivity (Wildman–Crippen MR) is 182 cm³/mol. The van der Waals surface area contributed by atoms with Gasteiger partial charge in [0, 0.05) is 72.7 Å². The Bertz CT molecular complexity index is 1110. The summed E-state index contributed by atoms with van der Waals surface area (Å²) in [4.78, 5) is 0. The minimum Gasteiger partial charge on any atom is 0 e. The first-order chi connectivity index (χ1) is 18.5. The Morgan fingerprint density at radius 2 is 0.902 bits per heavy atom. The molecule has 0 N–H and O–H groups in total. The van der Waals surface area contributed by atoms with E-state index in [1.165, 1.54) is 26.8 Å². The molecule has 1 aromatic rings. The zero-order valence-corrected chi connectivity index (χ0v) is 34.2. The smallest absolute Gasteiger partial charge is 0 e. The Labute approximate surface area is 285 Å². The molecular formula is C38H54NSeU-. The van der Waals surface area contributed by atoms with Crippen molar-refractivity contribution in [2.24, 2.45) is 23.7 Å². The molecule has 0 fully saturated rings. The van der Waals surface area contributed by atoms with E-state index in [9.17, 15) is 5.41 Å². The van der Waals surface area contributed by atoms with Crippen LogP contribution in [0.2, 0.25) is 0 Å². The Balaban J connectivity index is 0.000000526. The molecule has 3 aliphatic rings. The molecule has 1 nitrogen and oxygen atoms in total. The summed E-state index contributed by atoms with van der Waals surface area (Å²) >= 11 is 2.90. The third kappa shape index (κ3) is 11.1. The van der Waals surface area contributed by atoms with Crippen molar-refractivity contribution in [3.63, 3.8) is 0 Å². The van der Waals surface area contributed by atoms with Gasteiger partial charge in [-0.3, -0.25) is 0 Å². The van der Waals surface area contributed by atoms with Crippen molar-refractivity contribution in [3.05, 3.63) is 110 Å². The van der Waals surface area contributed by atoms with E-state index in [0.29, 0.717) is 29.4 Å². The fourth-order valence-electron chi connectivity index (χ4n) is 5.06. The van der Waals surface area contributed by atoms with Crippen molar-refractivity contribution in [3.8, 4) is 0 Å². The summed E-state index contributed by atoms with van der Waals surface area (Å²) in [5.74, 6) is 2.16. The number of nitrogens with zero attached hydrogens (tertiary/aromatic N) is 1. The van der Waals surface area contributed by atoms with Crippen molar-refractivity contribution in [1.29, 1.82) is 0 Å². The monoisotopic (exact) mass is 842 g/mol. The first-order valence-corrected chi connectivity index (χ1v) is 15.6. The number of allylic oxidation sites excluding steroid dienone is 12. The summed E-state index contributed by atoms with van der Waals surface area (Å²) in [7, 11) is 0. The van der Waals surface area contributed by atoms with Gasteiger partial charge in [0.25, 0.3) is 0 Å². The van der Waals surface area contributed by atoms with E-state index < -0.39 is 0 Å². The molecule has 0 unspecified atom stereocenters. The van der Waals surface area contributed by atoms with Crippen LogP contribution >= 0.6 is 0 Å². The van der Waals surface area contributed by atoms with Crippen LogP contribution in [0.3, 0.4) is 0 Å². The standard InChI is InChI=1S/C12H17N.2C10H16.C6H6Se.U/c1-8(2)10-6-5-7-11(9(3)4)12(10)13;2*1-6-7(2)9(4)10(5)8(6)3;7-6-4-2-1-3-5-6;/h5-9H,1-4H3;2*6H,1-5H3;1-5,7H;/p-1. The molecule has 0 saturated carbocycles. The van der Waals surface area contributed by atoms with Gasteiger partial charge in [-0.1, -0.05) is 36.1 Å². The second kappa shape index (κ2) is 18.4. The van der Waals surface area contributed by atoms with E-state index in [1.54, 1.807) is 22.3 Å². The quantitative estimate of drug-likeness (QED) is 0.209. The van der Waals surface area contributed by atoms with Crippen LogP contribution in [0.15, 0.2) is 98.2 Å². The average molecular weight is 842 g/mol. The molecule has 222 valence electrons. The molecule has 0 aliphatic heterocycles. The maximum Gasteiger partial charge on any atom is 0 e. The van der Waals surface area contributed by atoms with Crippen molar-refractivity contribution in [2.75, 3.05) is 0 Å². The topological polar surface area (TPSA) is 22.3 Å². The molecule has 3 heteroatoms. The molecule has 1 aromatic carbocycles. The number of hydrogen-bond donors (Lipinski definition) is 0. The second-order valence-corrected chi connectivity index (χ2v) is 13.1. The predicted octanol–water partition coefficient (Wildman–Crippen LogP) is 10.5. The van der Waals surface area contributed by atoms with Crippen molar-refractivity contribution < 1.29 is 31.1 Å². The van der Waals surface area contributed by atoms with Crippen LogP contribution in [0.25, 0.3) is 5.41 Å². The zero-order valence-electron chi connectivity index (χ0n) is 28.3. The van der Waals surface area contributed by atoms with Gasteiger partial charge in [-0.15, -0.1) is 0 Å². The van der Waals surface area contributed by atoms with Crippen molar-refractivity contribution in [1.82, 2.24) is 0 Å². The molecule has 0 amide bonds. The fourth-order valence-corrected chi connectivity index (χ4v) is 5.39. The third-order valence-corrected chi connectivity index (χ3v) is 9.75. The van der Waals surface area contributed by atoms with Crippen LogP contribution in [-0.2, 0) is 0 Å². The van der Waals surface area contributed by atoms with Gasteiger partial charge in [0.1, 0.15) is 0 Å². The normalized spacial score (nSPS) is 17.3. The molecule has 0 atom stereocenters. The largest absolute Gasteiger partial charge is 0 e. The molecule has 0 radical (unpaired) electrons. The Morgan fingerprint density at radius 3 is 1.07 bits per heavy atom. The fraction of sp³-hybridized carbons (Fsp3) is 0.474. The van der Waals surface area contributed by atoms with Gasteiger partial charge in [-0.2, -0.15) is 0 Å². The van der Waals surface area contributed by atoms with E-state index in [4.69, 9.17) is 0 Å². The Kier molecular flexibility index (Phi) is 17.9. The van der Waals surface area contributed by atoms with Crippen molar-refractivity contribution >= 4 is 26.2 Å². The molecule has 3 aliphatic carbocycles. The average Bonchev–Trinajstić information content (AvgIpc) is 3.19. The summed E-state index contributed by atoms with van der Waals surface area (Å²) < 4.78 is 1.20. The second-order valence-electron chi connectivity index (χ2n) is 12.1. The summed E-state index contributed by atoms with van der Waals surface area (Å²) in [5.41, 5.74) is 14.8. The summed E-state index contributed by atoms with van der Waals surface area (Å²) in [6.45, 7) is 30.8. The maximum absolute atomic E-state index is 9.93. The van der Waals surface area contributed by atoms with Gasteiger partial charge < -0.3 is 5.41 Å². The van der Waals surface area contributed by atoms with E-state index >= 15 is 0 Å². The maximum atomic E-state index is 9.93. The molecular weight excluding hydrogens is 787 g/mol. The third-order valence-electron chi connectivity index (χ3n) is 9.17. The van der Waals surface area contributed by atoms with Gasteiger partial charge in [-0.25, -0.2) is 0 Å². The van der Waals surface area contributed by atoms with E-state index in [2.05, 4.69) is 113 Å². The van der Waals surface area contributed by atoms with Crippen LogP contribution in [0.5, 0.6) is 0 Å². The van der Waals surface area contributed by atoms with Crippen molar-refractivity contribution in [2.45, 2.75) is 96.9 Å². The summed E-state index contributed by atoms with van der Waals surface area (Å²) in [5, 5.41) is 9.93. The first-order valence-electron chi connectivity index (χ1n) is 14.8. The number of hydrogen-bond acceptors (Lipinski definition) is 0. The van der Waals surface area contributed by atoms with Gasteiger partial charge in [0.2, 0.25) is 0 Å². The molecule has 0 aromatic heterocycles. The molecule has 41 heavy (non-hydrogen) atoms. The van der Waals surface area contributed by atoms with Crippen LogP contribution in [0.1, 0.15) is 96.9 Å². The zero-order chi connectivity index (χ0) is 30.9. The molecule has 0 spiro atoms. The minimum absolute atomic E-state index is 0. The summed E-state index contributed by atoms with van der Waals surface area (Å²) in [6, 6.07) is 10.1. The van der Waals surface area contributed by atoms with E-state index in [-0.39, 0.29) is 31.1 Å². The van der Waals surface area contributed by atoms with Crippen LogP contribution < -0.4 is 4.46 Å². The van der Waals surface area contributed by atoms with E-state index in [0.717, 1.165) is 11.1 Å². The molecule has 0 heterocycles. The molecule has 0 bridgehead atoms. The van der Waals surface area contributed by atoms with Crippen LogP contribution in [0, 0.1) is 61.2 Å². The van der Waals surface area contributed by atoms with Gasteiger partial charge in [0.15, 0.2) is 0 Å². The number of rotatable bonds is 2. The molecule has 0 saturated heterocycles. The Morgan fingerprint density at radius 1 is 0.610 bits per heavy atom. The van der Waals surface area contributed by atoms with Gasteiger partial charge in [0.05, 0.1) is 0 Å². The van der Waals surface area contributed by atoms with Gasteiger partial charge >= 0.3 is 50.8 Å². The molecule has 4 rings (SSSR count). The van der Waals surface area contributed by atoms with E-state index in [1.807, 2.05) is 48.9 Å². The van der Waals surface area contributed by atoms with Crippen LogP contribution in [0.4, 0.5) is 0 Å². The van der Waals surface area contributed by atoms with Gasteiger partial charge in [-0.05, 0) is 123 Å². The summed E-state index contributed by atoms with van der Waals surface area (Å²) in [6.07, 6.45) is 6.00. The first kappa shape index (κ1) is 39.8. The SMILES string of the molecule is CC(C)C1=C[CH+]C=C(C(C)C)C1=[N-].CC1=C(C)C(C)C(C)=C1C.CC1=C(C)C(C)C(C)=C1C.[Se-]c1ccccc1.[U]. The Hall–Kier alpha value is -1.23. The minimum atomic E-state index is 0. The number of benzene rings is 1. The van der Waals surface area contributed by atoms with Crippen LogP contribution in [-0.4, -0.2) is 21.7 Å².